The van der Waals surface area contributed by atoms with Crippen LogP contribution in [0.5, 0.6) is 0 Å². The van der Waals surface area contributed by atoms with Gasteiger partial charge in [-0.1, -0.05) is 13.3 Å². The minimum absolute atomic E-state index is 0.131. The van der Waals surface area contributed by atoms with Crippen molar-refractivity contribution in [2.45, 2.75) is 26.7 Å². The van der Waals surface area contributed by atoms with Gasteiger partial charge in [-0.25, -0.2) is 4.79 Å². The van der Waals surface area contributed by atoms with Gasteiger partial charge in [-0.15, -0.1) is 0 Å². The molecule has 0 spiro atoms. The summed E-state index contributed by atoms with van der Waals surface area (Å²) < 4.78 is 0. The lowest BCUT2D eigenvalue weighted by molar-refractivity contribution is -0.139. The van der Waals surface area contributed by atoms with Crippen molar-refractivity contribution in [3.05, 3.63) is 0 Å². The highest BCUT2D eigenvalue weighted by Crippen LogP contribution is 2.13. The van der Waals surface area contributed by atoms with E-state index in [9.17, 15) is 14.4 Å². The zero-order chi connectivity index (χ0) is 14.4. The fourth-order valence-corrected chi connectivity index (χ4v) is 1.83. The van der Waals surface area contributed by atoms with Gasteiger partial charge in [0.1, 0.15) is 0 Å². The molecule has 19 heavy (non-hydrogen) atoms. The Kier molecular flexibility index (Phi) is 5.62. The van der Waals surface area contributed by atoms with Gasteiger partial charge >= 0.3 is 6.03 Å². The summed E-state index contributed by atoms with van der Waals surface area (Å²) in [6.45, 7) is 3.76. The van der Waals surface area contributed by atoms with Crippen molar-refractivity contribution < 1.29 is 19.5 Å². The summed E-state index contributed by atoms with van der Waals surface area (Å²) >= 11 is 0. The van der Waals surface area contributed by atoms with Gasteiger partial charge in [0.15, 0.2) is 5.92 Å². The first-order valence-corrected chi connectivity index (χ1v) is 6.31. The van der Waals surface area contributed by atoms with Crippen molar-refractivity contribution in [1.29, 1.82) is 0 Å². The standard InChI is InChI=1S/C12H19N3O4/c1-3-4-6-15-11(18)9(8(2)13-5-7-16)10(17)14-12(15)19/h9,16H,3-7H2,1-2H3,(H,14,17,19)/t9-/m1/s1. The number of carbonyl (C=O) groups is 3. The SMILES string of the molecule is CCCCN1C(=O)NC(=O)[C@@H](C(C)=NCCO)C1=O. The third-order valence-corrected chi connectivity index (χ3v) is 2.86. The first-order chi connectivity index (χ1) is 9.02. The van der Waals surface area contributed by atoms with E-state index in [2.05, 4.69) is 10.3 Å². The number of imide groups is 2. The Hall–Kier alpha value is -1.76. The number of rotatable bonds is 6. The average molecular weight is 269 g/mol. The minimum Gasteiger partial charge on any atom is -0.394 e. The summed E-state index contributed by atoms with van der Waals surface area (Å²) in [7, 11) is 0. The Bertz CT molecular complexity index is 406. The van der Waals surface area contributed by atoms with Gasteiger partial charge in [0.05, 0.1) is 13.2 Å². The molecule has 0 aliphatic carbocycles. The van der Waals surface area contributed by atoms with Crippen LogP contribution in [-0.2, 0) is 9.59 Å². The second kappa shape index (κ2) is 6.98. The number of hydrogen-bond donors (Lipinski definition) is 2. The van der Waals surface area contributed by atoms with E-state index in [0.29, 0.717) is 12.1 Å². The van der Waals surface area contributed by atoms with Gasteiger partial charge in [0.2, 0.25) is 11.8 Å². The molecule has 0 aromatic heterocycles. The van der Waals surface area contributed by atoms with Gasteiger partial charge in [-0.05, 0) is 13.3 Å². The van der Waals surface area contributed by atoms with Crippen molar-refractivity contribution >= 4 is 23.6 Å². The van der Waals surface area contributed by atoms with E-state index in [0.717, 1.165) is 11.3 Å². The molecule has 106 valence electrons. The van der Waals surface area contributed by atoms with Crippen molar-refractivity contribution in [2.75, 3.05) is 19.7 Å². The normalized spacial score (nSPS) is 20.8. The predicted octanol–water partition coefficient (Wildman–Crippen LogP) is -0.0657. The Morgan fingerprint density at radius 3 is 2.68 bits per heavy atom. The lowest BCUT2D eigenvalue weighted by Gasteiger charge is -2.30. The number of aliphatic hydroxyl groups excluding tert-OH is 1. The lowest BCUT2D eigenvalue weighted by Crippen LogP contribution is -2.59. The molecule has 7 nitrogen and oxygen atoms in total. The molecule has 1 heterocycles. The highest BCUT2D eigenvalue weighted by atomic mass is 16.3. The maximum Gasteiger partial charge on any atom is 0.330 e. The smallest absolute Gasteiger partial charge is 0.330 e. The van der Waals surface area contributed by atoms with Gasteiger partial charge in [0, 0.05) is 12.3 Å². The number of barbiturate groups is 1. The topological polar surface area (TPSA) is 99.1 Å². The second-order valence-corrected chi connectivity index (χ2v) is 4.32. The van der Waals surface area contributed by atoms with Crippen molar-refractivity contribution in [2.24, 2.45) is 10.9 Å². The van der Waals surface area contributed by atoms with Crippen LogP contribution < -0.4 is 5.32 Å². The summed E-state index contributed by atoms with van der Waals surface area (Å²) in [4.78, 5) is 40.5. The summed E-state index contributed by atoms with van der Waals surface area (Å²) in [5.41, 5.74) is 0.311. The number of urea groups is 1. The molecule has 0 radical (unpaired) electrons. The highest BCUT2D eigenvalue weighted by molar-refractivity contribution is 6.27. The van der Waals surface area contributed by atoms with Gasteiger partial charge < -0.3 is 5.11 Å². The molecule has 1 aliphatic rings. The molecular weight excluding hydrogens is 250 g/mol. The van der Waals surface area contributed by atoms with E-state index in [1.165, 1.54) is 0 Å². The molecule has 1 fully saturated rings. The van der Waals surface area contributed by atoms with E-state index in [1.54, 1.807) is 6.92 Å². The number of aliphatic hydroxyl groups is 1. The molecule has 1 saturated heterocycles. The van der Waals surface area contributed by atoms with E-state index in [1.807, 2.05) is 6.92 Å². The fraction of sp³-hybridized carbons (Fsp3) is 0.667. The lowest BCUT2D eigenvalue weighted by atomic mass is 9.99. The molecule has 0 bridgehead atoms. The number of amides is 4. The molecule has 1 aliphatic heterocycles. The molecule has 2 N–H and O–H groups in total. The first kappa shape index (κ1) is 15.3. The van der Waals surface area contributed by atoms with Crippen LogP contribution in [0.2, 0.25) is 0 Å². The largest absolute Gasteiger partial charge is 0.394 e. The average Bonchev–Trinajstić information content (AvgIpc) is 2.35. The van der Waals surface area contributed by atoms with Gasteiger partial charge in [-0.2, -0.15) is 0 Å². The minimum atomic E-state index is -1.07. The van der Waals surface area contributed by atoms with Crippen LogP contribution in [0, 0.1) is 5.92 Å². The maximum atomic E-state index is 12.2. The number of nitrogens with zero attached hydrogens (tertiary/aromatic N) is 2. The number of unbranched alkanes of at least 4 members (excludes halogenated alkanes) is 1. The Balaban J connectivity index is 2.88. The third kappa shape index (κ3) is 3.60. The Labute approximate surface area is 111 Å². The first-order valence-electron chi connectivity index (χ1n) is 6.31. The molecule has 0 saturated carbocycles. The number of hydrogen-bond acceptors (Lipinski definition) is 5. The Morgan fingerprint density at radius 2 is 2.11 bits per heavy atom. The van der Waals surface area contributed by atoms with E-state index in [4.69, 9.17) is 5.11 Å². The van der Waals surface area contributed by atoms with E-state index >= 15 is 0 Å². The zero-order valence-electron chi connectivity index (χ0n) is 11.2. The molecule has 0 aromatic carbocycles. The van der Waals surface area contributed by atoms with Crippen LogP contribution >= 0.6 is 0 Å². The van der Waals surface area contributed by atoms with Gasteiger partial charge in [-0.3, -0.25) is 24.8 Å². The maximum absolute atomic E-state index is 12.2. The number of nitrogens with one attached hydrogen (secondary N) is 1. The molecule has 0 unspecified atom stereocenters. The van der Waals surface area contributed by atoms with Crippen LogP contribution in [-0.4, -0.2) is 53.3 Å². The predicted molar refractivity (Wildman–Crippen MR) is 68.7 cm³/mol. The van der Waals surface area contributed by atoms with Crippen LogP contribution in [0.4, 0.5) is 4.79 Å². The molecule has 1 rings (SSSR count). The molecule has 1 atom stereocenters. The van der Waals surface area contributed by atoms with E-state index < -0.39 is 23.8 Å². The van der Waals surface area contributed by atoms with Crippen molar-refractivity contribution in [3.8, 4) is 0 Å². The van der Waals surface area contributed by atoms with Crippen LogP contribution in [0.25, 0.3) is 0 Å². The molecular formula is C12H19N3O4. The van der Waals surface area contributed by atoms with Crippen molar-refractivity contribution in [1.82, 2.24) is 10.2 Å². The van der Waals surface area contributed by atoms with E-state index in [-0.39, 0.29) is 19.7 Å². The Morgan fingerprint density at radius 1 is 1.42 bits per heavy atom. The highest BCUT2D eigenvalue weighted by Gasteiger charge is 2.41. The molecule has 4 amide bonds. The third-order valence-electron chi connectivity index (χ3n) is 2.86. The summed E-state index contributed by atoms with van der Waals surface area (Å²) in [6, 6.07) is -0.672. The summed E-state index contributed by atoms with van der Waals surface area (Å²) in [5.74, 6) is -2.26. The number of aliphatic imine (C=N–C) groups is 1. The summed E-state index contributed by atoms with van der Waals surface area (Å²) in [6.07, 6.45) is 1.53. The fourth-order valence-electron chi connectivity index (χ4n) is 1.83. The quantitative estimate of drug-likeness (QED) is 0.521. The molecule has 7 heteroatoms. The zero-order valence-corrected chi connectivity index (χ0v) is 11.2. The van der Waals surface area contributed by atoms with Crippen molar-refractivity contribution in [3.63, 3.8) is 0 Å². The van der Waals surface area contributed by atoms with Gasteiger partial charge in [0.25, 0.3) is 0 Å². The van der Waals surface area contributed by atoms with Crippen LogP contribution in [0.15, 0.2) is 4.99 Å². The number of carbonyl (C=O) groups excluding carboxylic acids is 3. The van der Waals surface area contributed by atoms with Crippen LogP contribution in [0.1, 0.15) is 26.7 Å². The summed E-state index contributed by atoms with van der Waals surface area (Å²) in [5, 5.41) is 10.9. The van der Waals surface area contributed by atoms with Crippen LogP contribution in [0.3, 0.4) is 0 Å². The monoisotopic (exact) mass is 269 g/mol. The molecule has 0 aromatic rings. The second-order valence-electron chi connectivity index (χ2n) is 4.32.